The molecule has 0 radical (unpaired) electrons. The van der Waals surface area contributed by atoms with Gasteiger partial charge in [0.05, 0.1) is 19.9 Å². The zero-order valence-corrected chi connectivity index (χ0v) is 17.4. The van der Waals surface area contributed by atoms with Crippen LogP contribution in [0.5, 0.6) is 11.5 Å². The lowest BCUT2D eigenvalue weighted by Gasteiger charge is -2.35. The van der Waals surface area contributed by atoms with Crippen molar-refractivity contribution in [1.29, 1.82) is 0 Å². The van der Waals surface area contributed by atoms with Crippen molar-refractivity contribution in [1.82, 2.24) is 9.80 Å². The van der Waals surface area contributed by atoms with Gasteiger partial charge in [-0.3, -0.25) is 9.69 Å². The molecule has 0 aromatic heterocycles. The number of amides is 1. The highest BCUT2D eigenvalue weighted by Crippen LogP contribution is 2.29. The highest BCUT2D eigenvalue weighted by atomic mass is 16.6. The SMILES string of the molecule is COc1ccc(C2=NO[C@@H](C(=O)N3CCN(Cc4ccccc4)CC3)C2)cc1OC. The van der Waals surface area contributed by atoms with Crippen molar-refractivity contribution >= 4 is 11.6 Å². The number of nitrogens with zero attached hydrogens (tertiary/aromatic N) is 3. The Bertz CT molecular complexity index is 908. The highest BCUT2D eigenvalue weighted by molar-refractivity contribution is 6.04. The van der Waals surface area contributed by atoms with E-state index in [0.29, 0.717) is 31.0 Å². The number of rotatable bonds is 6. The number of hydrogen-bond acceptors (Lipinski definition) is 6. The van der Waals surface area contributed by atoms with Gasteiger partial charge in [0.2, 0.25) is 6.10 Å². The first kappa shape index (κ1) is 20.2. The quantitative estimate of drug-likeness (QED) is 0.734. The number of piperazine rings is 1. The van der Waals surface area contributed by atoms with E-state index in [1.165, 1.54) is 5.56 Å². The molecule has 2 heterocycles. The average Bonchev–Trinajstić information content (AvgIpc) is 3.29. The van der Waals surface area contributed by atoms with Gasteiger partial charge in [-0.2, -0.15) is 0 Å². The molecule has 2 aliphatic heterocycles. The molecule has 7 heteroatoms. The van der Waals surface area contributed by atoms with Crippen molar-refractivity contribution in [3.05, 3.63) is 59.7 Å². The Labute approximate surface area is 176 Å². The van der Waals surface area contributed by atoms with Crippen molar-refractivity contribution in [3.8, 4) is 11.5 Å². The number of benzene rings is 2. The second-order valence-corrected chi connectivity index (χ2v) is 7.49. The third-order valence-electron chi connectivity index (χ3n) is 5.59. The normalized spacial score (nSPS) is 19.2. The van der Waals surface area contributed by atoms with E-state index in [0.717, 1.165) is 30.9 Å². The summed E-state index contributed by atoms with van der Waals surface area (Å²) < 4.78 is 10.6. The maximum atomic E-state index is 12.9. The lowest BCUT2D eigenvalue weighted by Crippen LogP contribution is -2.51. The predicted octanol–water partition coefficient (Wildman–Crippen LogP) is 2.54. The van der Waals surface area contributed by atoms with Crippen molar-refractivity contribution < 1.29 is 19.1 Å². The van der Waals surface area contributed by atoms with E-state index in [2.05, 4.69) is 34.3 Å². The first-order chi connectivity index (χ1) is 14.7. The summed E-state index contributed by atoms with van der Waals surface area (Å²) in [5, 5.41) is 4.17. The summed E-state index contributed by atoms with van der Waals surface area (Å²) in [6.45, 7) is 4.04. The number of oxime groups is 1. The summed E-state index contributed by atoms with van der Waals surface area (Å²) in [6.07, 6.45) is -0.104. The molecule has 1 saturated heterocycles. The molecule has 0 aliphatic carbocycles. The third-order valence-corrected chi connectivity index (χ3v) is 5.59. The van der Waals surface area contributed by atoms with Crippen LogP contribution >= 0.6 is 0 Å². The van der Waals surface area contributed by atoms with Crippen molar-refractivity contribution in [2.75, 3.05) is 40.4 Å². The van der Waals surface area contributed by atoms with Gasteiger partial charge >= 0.3 is 0 Å². The molecular formula is C23H27N3O4. The maximum Gasteiger partial charge on any atom is 0.266 e. The van der Waals surface area contributed by atoms with Crippen LogP contribution in [-0.4, -0.2) is 67.9 Å². The Balaban J connectivity index is 1.31. The zero-order valence-electron chi connectivity index (χ0n) is 17.4. The number of carbonyl (C=O) groups excluding carboxylic acids is 1. The average molecular weight is 409 g/mol. The summed E-state index contributed by atoms with van der Waals surface area (Å²) in [5.74, 6) is 1.29. The number of hydrogen-bond donors (Lipinski definition) is 0. The topological polar surface area (TPSA) is 63.6 Å². The van der Waals surface area contributed by atoms with Crippen molar-refractivity contribution in [2.24, 2.45) is 5.16 Å². The summed E-state index contributed by atoms with van der Waals surface area (Å²) in [5.41, 5.74) is 2.91. The summed E-state index contributed by atoms with van der Waals surface area (Å²) in [7, 11) is 3.19. The first-order valence-corrected chi connectivity index (χ1v) is 10.2. The van der Waals surface area contributed by atoms with E-state index in [9.17, 15) is 4.79 Å². The molecule has 0 spiro atoms. The number of ether oxygens (including phenoxy) is 2. The number of carbonyl (C=O) groups is 1. The van der Waals surface area contributed by atoms with Crippen LogP contribution in [0.2, 0.25) is 0 Å². The van der Waals surface area contributed by atoms with Gasteiger partial charge in [0.1, 0.15) is 0 Å². The number of methoxy groups -OCH3 is 2. The van der Waals surface area contributed by atoms with Crippen LogP contribution in [0, 0.1) is 0 Å². The van der Waals surface area contributed by atoms with Crippen LogP contribution in [0.1, 0.15) is 17.5 Å². The minimum absolute atomic E-state index is 0.00795. The lowest BCUT2D eigenvalue weighted by atomic mass is 10.0. The zero-order chi connectivity index (χ0) is 20.9. The minimum Gasteiger partial charge on any atom is -0.493 e. The van der Waals surface area contributed by atoms with Gasteiger partial charge in [0.25, 0.3) is 5.91 Å². The Morgan fingerprint density at radius 3 is 2.47 bits per heavy atom. The standard InChI is InChI=1S/C23H27N3O4/c1-28-20-9-8-18(14-21(20)29-2)19-15-22(30-24-19)23(27)26-12-10-25(11-13-26)16-17-6-4-3-5-7-17/h3-9,14,22H,10-13,15-16H2,1-2H3/t22-/m1/s1. The molecule has 158 valence electrons. The van der Waals surface area contributed by atoms with Crippen LogP contribution in [0.15, 0.2) is 53.7 Å². The molecule has 0 N–H and O–H groups in total. The summed E-state index contributed by atoms with van der Waals surface area (Å²) >= 11 is 0. The molecular weight excluding hydrogens is 382 g/mol. The van der Waals surface area contributed by atoms with Gasteiger partial charge in [-0.25, -0.2) is 0 Å². The molecule has 2 aliphatic rings. The van der Waals surface area contributed by atoms with E-state index in [-0.39, 0.29) is 5.91 Å². The van der Waals surface area contributed by atoms with E-state index < -0.39 is 6.10 Å². The van der Waals surface area contributed by atoms with E-state index in [1.807, 2.05) is 29.2 Å². The minimum atomic E-state index is -0.561. The molecule has 1 atom stereocenters. The molecule has 0 unspecified atom stereocenters. The fraction of sp³-hybridized carbons (Fsp3) is 0.391. The van der Waals surface area contributed by atoms with Gasteiger partial charge in [0, 0.05) is 44.7 Å². The molecule has 30 heavy (non-hydrogen) atoms. The largest absolute Gasteiger partial charge is 0.493 e. The van der Waals surface area contributed by atoms with E-state index in [4.69, 9.17) is 14.3 Å². The lowest BCUT2D eigenvalue weighted by molar-refractivity contribution is -0.143. The van der Waals surface area contributed by atoms with E-state index >= 15 is 0 Å². The third kappa shape index (κ3) is 4.41. The Morgan fingerprint density at radius 2 is 1.77 bits per heavy atom. The van der Waals surface area contributed by atoms with Crippen molar-refractivity contribution in [3.63, 3.8) is 0 Å². The Kier molecular flexibility index (Phi) is 6.18. The van der Waals surface area contributed by atoms with Crippen LogP contribution < -0.4 is 9.47 Å². The van der Waals surface area contributed by atoms with Gasteiger partial charge in [-0.1, -0.05) is 35.5 Å². The molecule has 0 saturated carbocycles. The fourth-order valence-electron chi connectivity index (χ4n) is 3.87. The smallest absolute Gasteiger partial charge is 0.266 e. The summed E-state index contributed by atoms with van der Waals surface area (Å²) in [6, 6.07) is 16.0. The molecule has 0 bridgehead atoms. The monoisotopic (exact) mass is 409 g/mol. The van der Waals surface area contributed by atoms with Crippen LogP contribution in [0.3, 0.4) is 0 Å². The van der Waals surface area contributed by atoms with Crippen molar-refractivity contribution in [2.45, 2.75) is 19.1 Å². The highest BCUT2D eigenvalue weighted by Gasteiger charge is 2.34. The molecule has 1 fully saturated rings. The Morgan fingerprint density at radius 1 is 1.03 bits per heavy atom. The molecule has 2 aromatic rings. The molecule has 2 aromatic carbocycles. The first-order valence-electron chi connectivity index (χ1n) is 10.2. The fourth-order valence-corrected chi connectivity index (χ4v) is 3.87. The second kappa shape index (κ2) is 9.17. The maximum absolute atomic E-state index is 12.9. The summed E-state index contributed by atoms with van der Waals surface area (Å²) in [4.78, 5) is 22.7. The van der Waals surface area contributed by atoms with Gasteiger partial charge in [-0.05, 0) is 23.8 Å². The van der Waals surface area contributed by atoms with Crippen LogP contribution in [-0.2, 0) is 16.2 Å². The van der Waals surface area contributed by atoms with Gasteiger partial charge < -0.3 is 19.2 Å². The van der Waals surface area contributed by atoms with Gasteiger partial charge in [0.15, 0.2) is 11.5 Å². The van der Waals surface area contributed by atoms with Crippen LogP contribution in [0.4, 0.5) is 0 Å². The van der Waals surface area contributed by atoms with E-state index in [1.54, 1.807) is 14.2 Å². The van der Waals surface area contributed by atoms with Gasteiger partial charge in [-0.15, -0.1) is 0 Å². The van der Waals surface area contributed by atoms with Crippen LogP contribution in [0.25, 0.3) is 0 Å². The predicted molar refractivity (Wildman–Crippen MR) is 114 cm³/mol. The molecule has 7 nitrogen and oxygen atoms in total. The Hall–Kier alpha value is -3.06. The molecule has 1 amide bonds. The molecule has 4 rings (SSSR count). The second-order valence-electron chi connectivity index (χ2n) is 7.49.